The zero-order chi connectivity index (χ0) is 10.5. The summed E-state index contributed by atoms with van der Waals surface area (Å²) in [6.45, 7) is 0. The van der Waals surface area contributed by atoms with Gasteiger partial charge < -0.3 is 0 Å². The fraction of sp³-hybridized carbons (Fsp3) is 0.286. The van der Waals surface area contributed by atoms with E-state index in [9.17, 15) is 0 Å². The van der Waals surface area contributed by atoms with Crippen molar-refractivity contribution >= 4 is 34.3 Å². The zero-order valence-corrected chi connectivity index (χ0v) is 10.6. The molecular weight excluding hydrogens is 232 g/mol. The fourth-order valence-electron chi connectivity index (χ4n) is 2.68. The van der Waals surface area contributed by atoms with E-state index in [0.717, 1.165) is 0 Å². The summed E-state index contributed by atoms with van der Waals surface area (Å²) in [6, 6.07) is 9.50. The third-order valence-electron chi connectivity index (χ3n) is 3.57. The molecule has 2 aliphatic heterocycles. The number of thioether (sulfide) groups is 2. The molecule has 0 amide bonds. The maximum atomic E-state index is 2.45. The minimum absolute atomic E-state index is 1.21. The van der Waals surface area contributed by atoms with Crippen LogP contribution in [0.4, 0.5) is 0 Å². The van der Waals surface area contributed by atoms with Gasteiger partial charge in [-0.05, 0) is 39.1 Å². The van der Waals surface area contributed by atoms with Gasteiger partial charge in [0.1, 0.15) is 0 Å². The molecule has 2 aromatic rings. The lowest BCUT2D eigenvalue weighted by Crippen LogP contribution is -1.89. The lowest BCUT2D eigenvalue weighted by molar-refractivity contribution is 1.34. The predicted molar refractivity (Wildman–Crippen MR) is 73.9 cm³/mol. The monoisotopic (exact) mass is 244 g/mol. The van der Waals surface area contributed by atoms with Crippen molar-refractivity contribution in [2.24, 2.45) is 0 Å². The Labute approximate surface area is 104 Å². The Kier molecular flexibility index (Phi) is 2.03. The van der Waals surface area contributed by atoms with Crippen LogP contribution in [0.25, 0.3) is 10.8 Å². The van der Waals surface area contributed by atoms with Crippen LogP contribution in [-0.4, -0.2) is 0 Å². The van der Waals surface area contributed by atoms with Crippen molar-refractivity contribution in [2.45, 2.75) is 23.0 Å². The van der Waals surface area contributed by atoms with Crippen molar-refractivity contribution in [3.8, 4) is 0 Å². The topological polar surface area (TPSA) is 0 Å². The molecule has 2 heterocycles. The average Bonchev–Trinajstić information content (AvgIpc) is 2.94. The van der Waals surface area contributed by atoms with Crippen molar-refractivity contribution in [2.75, 3.05) is 0 Å². The van der Waals surface area contributed by atoms with E-state index in [1.54, 1.807) is 22.3 Å². The highest BCUT2D eigenvalue weighted by Gasteiger charge is 2.17. The van der Waals surface area contributed by atoms with Crippen LogP contribution in [0.1, 0.15) is 22.3 Å². The van der Waals surface area contributed by atoms with Gasteiger partial charge >= 0.3 is 0 Å². The van der Waals surface area contributed by atoms with Gasteiger partial charge in [0.15, 0.2) is 0 Å². The van der Waals surface area contributed by atoms with Crippen LogP contribution in [0.5, 0.6) is 0 Å². The molecule has 80 valence electrons. The SMILES string of the molecule is c1cc2cc3c(cc2c2c1CSC2)CSC3. The second-order valence-corrected chi connectivity index (χ2v) is 6.50. The maximum Gasteiger partial charge on any atom is 0.0197 e. The van der Waals surface area contributed by atoms with Gasteiger partial charge in [-0.25, -0.2) is 0 Å². The van der Waals surface area contributed by atoms with Gasteiger partial charge in [0.05, 0.1) is 0 Å². The summed E-state index contributed by atoms with van der Waals surface area (Å²) in [7, 11) is 0. The Morgan fingerprint density at radius 2 is 1.50 bits per heavy atom. The second kappa shape index (κ2) is 3.44. The molecule has 0 aliphatic carbocycles. The molecule has 16 heavy (non-hydrogen) atoms. The summed E-state index contributed by atoms with van der Waals surface area (Å²) in [5, 5.41) is 2.96. The zero-order valence-electron chi connectivity index (χ0n) is 8.95. The third kappa shape index (κ3) is 1.26. The summed E-state index contributed by atoms with van der Waals surface area (Å²) < 4.78 is 0. The largest absolute Gasteiger partial charge is 0.152 e. The Balaban J connectivity index is 2.08. The molecule has 4 rings (SSSR count). The molecule has 0 radical (unpaired) electrons. The van der Waals surface area contributed by atoms with Crippen LogP contribution in [-0.2, 0) is 23.0 Å². The molecule has 2 aromatic carbocycles. The van der Waals surface area contributed by atoms with E-state index in [2.05, 4.69) is 24.3 Å². The molecule has 0 atom stereocenters. The van der Waals surface area contributed by atoms with Crippen molar-refractivity contribution < 1.29 is 0 Å². The van der Waals surface area contributed by atoms with Gasteiger partial charge in [-0.3, -0.25) is 0 Å². The summed E-state index contributed by atoms with van der Waals surface area (Å²) in [5.74, 6) is 4.83. The first-order chi connectivity index (χ1) is 7.92. The summed E-state index contributed by atoms with van der Waals surface area (Å²) in [5.41, 5.74) is 6.29. The van der Waals surface area contributed by atoms with Gasteiger partial charge in [-0.1, -0.05) is 18.2 Å². The molecule has 0 fully saturated rings. The van der Waals surface area contributed by atoms with E-state index in [0.29, 0.717) is 0 Å². The predicted octanol–water partition coefficient (Wildman–Crippen LogP) is 4.33. The lowest BCUT2D eigenvalue weighted by Gasteiger charge is -2.07. The van der Waals surface area contributed by atoms with Gasteiger partial charge in [0.2, 0.25) is 0 Å². The molecule has 0 nitrogen and oxygen atoms in total. The van der Waals surface area contributed by atoms with Gasteiger partial charge in [0.25, 0.3) is 0 Å². The van der Waals surface area contributed by atoms with Crippen molar-refractivity contribution in [3.63, 3.8) is 0 Å². The Morgan fingerprint density at radius 1 is 0.750 bits per heavy atom. The summed E-state index contributed by atoms with van der Waals surface area (Å²) >= 11 is 4.09. The van der Waals surface area contributed by atoms with Crippen LogP contribution in [0.2, 0.25) is 0 Å². The molecule has 0 aromatic heterocycles. The Morgan fingerprint density at radius 3 is 2.44 bits per heavy atom. The number of benzene rings is 2. The van der Waals surface area contributed by atoms with Crippen LogP contribution in [0, 0.1) is 0 Å². The molecule has 2 heteroatoms. The number of hydrogen-bond donors (Lipinski definition) is 0. The third-order valence-corrected chi connectivity index (χ3v) is 5.61. The molecule has 0 saturated heterocycles. The maximum absolute atomic E-state index is 2.45. The molecule has 0 unspecified atom stereocenters. The van der Waals surface area contributed by atoms with Crippen LogP contribution >= 0.6 is 23.5 Å². The highest BCUT2D eigenvalue weighted by Crippen LogP contribution is 2.39. The van der Waals surface area contributed by atoms with Gasteiger partial charge in [-0.15, -0.1) is 0 Å². The highest BCUT2D eigenvalue weighted by molar-refractivity contribution is 7.98. The van der Waals surface area contributed by atoms with Crippen molar-refractivity contribution in [1.82, 2.24) is 0 Å². The van der Waals surface area contributed by atoms with E-state index in [4.69, 9.17) is 0 Å². The minimum Gasteiger partial charge on any atom is -0.152 e. The average molecular weight is 244 g/mol. The van der Waals surface area contributed by atoms with E-state index < -0.39 is 0 Å². The Hall–Kier alpha value is -0.600. The summed E-state index contributed by atoms with van der Waals surface area (Å²) in [6.07, 6.45) is 0. The fourth-order valence-corrected chi connectivity index (χ4v) is 4.90. The normalized spacial score (nSPS) is 17.8. The van der Waals surface area contributed by atoms with E-state index in [-0.39, 0.29) is 0 Å². The number of rotatable bonds is 0. The van der Waals surface area contributed by atoms with E-state index >= 15 is 0 Å². The molecule has 0 bridgehead atoms. The highest BCUT2D eigenvalue weighted by atomic mass is 32.2. The van der Waals surface area contributed by atoms with Gasteiger partial charge in [-0.2, -0.15) is 23.5 Å². The molecule has 0 N–H and O–H groups in total. The minimum atomic E-state index is 1.21. The van der Waals surface area contributed by atoms with E-state index in [1.165, 1.54) is 33.8 Å². The molecular formula is C14H12S2. The molecule has 0 spiro atoms. The van der Waals surface area contributed by atoms with E-state index in [1.807, 2.05) is 23.5 Å². The Bertz CT molecular complexity index is 587. The lowest BCUT2D eigenvalue weighted by atomic mass is 9.97. The molecule has 2 aliphatic rings. The first-order valence-electron chi connectivity index (χ1n) is 5.63. The van der Waals surface area contributed by atoms with Crippen molar-refractivity contribution in [1.29, 1.82) is 0 Å². The quantitative estimate of drug-likeness (QED) is 0.676. The number of hydrogen-bond acceptors (Lipinski definition) is 2. The first-order valence-corrected chi connectivity index (χ1v) is 7.94. The van der Waals surface area contributed by atoms with Gasteiger partial charge in [0, 0.05) is 23.0 Å². The smallest absolute Gasteiger partial charge is 0.0197 e. The first kappa shape index (κ1) is 9.43. The van der Waals surface area contributed by atoms with Crippen LogP contribution < -0.4 is 0 Å². The second-order valence-electron chi connectivity index (χ2n) is 4.53. The van der Waals surface area contributed by atoms with Crippen LogP contribution in [0.3, 0.4) is 0 Å². The molecule has 0 saturated carbocycles. The standard InChI is InChI=1S/C14H12S2/c1-2-10-5-16-8-14(10)13-4-12-7-15-6-11(12)3-9(1)13/h1-4H,5-8H2. The summed E-state index contributed by atoms with van der Waals surface area (Å²) in [4.78, 5) is 0. The van der Waals surface area contributed by atoms with Crippen molar-refractivity contribution in [3.05, 3.63) is 46.5 Å². The number of fused-ring (bicyclic) bond motifs is 4. The van der Waals surface area contributed by atoms with Crippen LogP contribution in [0.15, 0.2) is 24.3 Å².